The molecular weight excluding hydrogens is 387 g/mol. The number of amides is 1. The molecular formula is C23H21FN2O4. The number of benzene rings is 2. The third kappa shape index (κ3) is 6.10. The van der Waals surface area contributed by atoms with Crippen LogP contribution >= 0.6 is 0 Å². The molecule has 0 aliphatic carbocycles. The molecule has 2 atom stereocenters. The normalized spacial score (nSPS) is 12.8. The Labute approximate surface area is 174 Å². The van der Waals surface area contributed by atoms with E-state index in [2.05, 4.69) is 33.7 Å². The highest BCUT2D eigenvalue weighted by molar-refractivity contribution is 5.97. The van der Waals surface area contributed by atoms with Crippen LogP contribution in [0.4, 0.5) is 10.1 Å². The average molecular weight is 408 g/mol. The predicted octanol–water partition coefficient (Wildman–Crippen LogP) is 1.66. The molecule has 2 aromatic rings. The fourth-order valence-corrected chi connectivity index (χ4v) is 2.36. The van der Waals surface area contributed by atoms with Crippen LogP contribution in [-0.4, -0.2) is 42.4 Å². The number of esters is 1. The molecule has 2 rings (SSSR count). The summed E-state index contributed by atoms with van der Waals surface area (Å²) in [5, 5.41) is 12.3. The van der Waals surface area contributed by atoms with Crippen molar-refractivity contribution in [3.05, 3.63) is 65.2 Å². The third-order valence-electron chi connectivity index (χ3n) is 4.14. The van der Waals surface area contributed by atoms with Gasteiger partial charge in [-0.25, -0.2) is 9.18 Å². The van der Waals surface area contributed by atoms with Crippen LogP contribution in [0.2, 0.25) is 0 Å². The van der Waals surface area contributed by atoms with Crippen molar-refractivity contribution in [2.75, 3.05) is 19.5 Å². The number of nitrogens with one attached hydrogen (secondary N) is 1. The van der Waals surface area contributed by atoms with Crippen LogP contribution in [0.5, 0.6) is 0 Å². The molecule has 30 heavy (non-hydrogen) atoms. The minimum atomic E-state index is -2.10. The van der Waals surface area contributed by atoms with Gasteiger partial charge in [0.15, 0.2) is 6.04 Å². The lowest BCUT2D eigenvalue weighted by Crippen LogP contribution is -2.57. The summed E-state index contributed by atoms with van der Waals surface area (Å²) in [6.45, 7) is -0.141. The van der Waals surface area contributed by atoms with Crippen molar-refractivity contribution < 1.29 is 23.8 Å². The standard InChI is InChI=1S/C23H21FN2O4/c1-23(29,15-24)20(22(28)30-2)26-21(27)18-11-7-16(8-12-18)5-3-4-6-17-9-13-19(25)14-10-17/h7-14,20,29H,15,25H2,1-2H3,(H,26,27)/t20-,23-/m1/s1. The summed E-state index contributed by atoms with van der Waals surface area (Å²) in [7, 11) is 1.08. The molecule has 0 fully saturated rings. The molecule has 0 aromatic heterocycles. The van der Waals surface area contributed by atoms with Gasteiger partial charge in [0.25, 0.3) is 5.91 Å². The van der Waals surface area contributed by atoms with E-state index in [9.17, 15) is 19.1 Å². The maximum absolute atomic E-state index is 13.1. The van der Waals surface area contributed by atoms with Crippen molar-refractivity contribution in [2.45, 2.75) is 18.6 Å². The molecule has 0 unspecified atom stereocenters. The first-order valence-electron chi connectivity index (χ1n) is 8.91. The maximum atomic E-state index is 13.1. The van der Waals surface area contributed by atoms with Gasteiger partial charge in [0.05, 0.1) is 7.11 Å². The smallest absolute Gasteiger partial charge is 0.331 e. The molecule has 0 radical (unpaired) electrons. The van der Waals surface area contributed by atoms with E-state index in [4.69, 9.17) is 5.73 Å². The minimum Gasteiger partial charge on any atom is -0.467 e. The zero-order valence-corrected chi connectivity index (χ0v) is 16.5. The molecule has 4 N–H and O–H groups in total. The second-order valence-corrected chi connectivity index (χ2v) is 6.62. The Morgan fingerprint density at radius 1 is 1.10 bits per heavy atom. The van der Waals surface area contributed by atoms with Gasteiger partial charge in [-0.15, -0.1) is 0 Å². The number of nitrogen functional groups attached to an aromatic ring is 1. The zero-order valence-electron chi connectivity index (χ0n) is 16.5. The topological polar surface area (TPSA) is 102 Å². The third-order valence-corrected chi connectivity index (χ3v) is 4.14. The van der Waals surface area contributed by atoms with Crippen molar-refractivity contribution in [3.8, 4) is 23.7 Å². The summed E-state index contributed by atoms with van der Waals surface area (Å²) in [6.07, 6.45) is 0. The molecule has 0 spiro atoms. The second kappa shape index (κ2) is 10.1. The highest BCUT2D eigenvalue weighted by Gasteiger charge is 2.40. The van der Waals surface area contributed by atoms with E-state index in [0.717, 1.165) is 19.6 Å². The Hall–Kier alpha value is -3.81. The van der Waals surface area contributed by atoms with Gasteiger partial charge in [-0.05, 0) is 67.3 Å². The van der Waals surface area contributed by atoms with Crippen molar-refractivity contribution in [1.82, 2.24) is 5.32 Å². The Balaban J connectivity index is 2.07. The number of methoxy groups -OCH3 is 1. The van der Waals surface area contributed by atoms with E-state index in [0.29, 0.717) is 11.3 Å². The molecule has 0 saturated heterocycles. The number of hydrogen-bond donors (Lipinski definition) is 3. The number of alkyl halides is 1. The van der Waals surface area contributed by atoms with E-state index in [-0.39, 0.29) is 5.56 Å². The highest BCUT2D eigenvalue weighted by atomic mass is 19.1. The Morgan fingerprint density at radius 3 is 2.07 bits per heavy atom. The van der Waals surface area contributed by atoms with E-state index in [1.165, 1.54) is 12.1 Å². The first-order chi connectivity index (χ1) is 14.3. The van der Waals surface area contributed by atoms with E-state index < -0.39 is 30.2 Å². The second-order valence-electron chi connectivity index (χ2n) is 6.62. The van der Waals surface area contributed by atoms with Crippen LogP contribution in [0, 0.1) is 23.7 Å². The van der Waals surface area contributed by atoms with Crippen molar-refractivity contribution in [2.24, 2.45) is 0 Å². The van der Waals surface area contributed by atoms with Gasteiger partial charge in [0.2, 0.25) is 0 Å². The molecule has 0 aliphatic heterocycles. The Kier molecular flexibility index (Phi) is 7.57. The number of aliphatic hydroxyl groups is 1. The minimum absolute atomic E-state index is 0.206. The van der Waals surface area contributed by atoms with E-state index >= 15 is 0 Å². The quantitative estimate of drug-likeness (QED) is 0.397. The largest absolute Gasteiger partial charge is 0.467 e. The SMILES string of the molecule is COC(=O)[C@@H](NC(=O)c1ccc(C#CC#Cc2ccc(N)cc2)cc1)[C@](C)(O)CF. The molecule has 0 saturated carbocycles. The maximum Gasteiger partial charge on any atom is 0.331 e. The Bertz CT molecular complexity index is 1020. The summed E-state index contributed by atoms with van der Waals surface area (Å²) >= 11 is 0. The summed E-state index contributed by atoms with van der Waals surface area (Å²) in [6, 6.07) is 11.7. The molecule has 0 aliphatic rings. The van der Waals surface area contributed by atoms with Gasteiger partial charge < -0.3 is 20.9 Å². The molecule has 1 amide bonds. The number of carbonyl (C=O) groups excluding carboxylic acids is 2. The molecule has 0 heterocycles. The van der Waals surface area contributed by atoms with Gasteiger partial charge in [-0.3, -0.25) is 4.79 Å². The lowest BCUT2D eigenvalue weighted by Gasteiger charge is -2.28. The van der Waals surface area contributed by atoms with Crippen molar-refractivity contribution >= 4 is 17.6 Å². The first kappa shape index (κ1) is 22.5. The molecule has 7 heteroatoms. The van der Waals surface area contributed by atoms with Gasteiger partial charge in [0, 0.05) is 22.4 Å². The fraction of sp³-hybridized carbons (Fsp3) is 0.217. The summed E-state index contributed by atoms with van der Waals surface area (Å²) in [5.74, 6) is 9.57. The van der Waals surface area contributed by atoms with Gasteiger partial charge in [-0.1, -0.05) is 11.8 Å². The molecule has 6 nitrogen and oxygen atoms in total. The average Bonchev–Trinajstić information content (AvgIpc) is 2.75. The Morgan fingerprint density at radius 2 is 1.60 bits per heavy atom. The van der Waals surface area contributed by atoms with Crippen molar-refractivity contribution in [1.29, 1.82) is 0 Å². The molecule has 2 aromatic carbocycles. The summed E-state index contributed by atoms with van der Waals surface area (Å²) in [5.41, 5.74) is 5.78. The number of halogens is 1. The number of rotatable bonds is 5. The van der Waals surface area contributed by atoms with Crippen LogP contribution in [0.1, 0.15) is 28.4 Å². The van der Waals surface area contributed by atoms with Crippen LogP contribution in [0.15, 0.2) is 48.5 Å². The molecule has 0 bridgehead atoms. The van der Waals surface area contributed by atoms with E-state index in [1.54, 1.807) is 36.4 Å². The lowest BCUT2D eigenvalue weighted by atomic mass is 9.97. The number of anilines is 1. The molecule has 154 valence electrons. The predicted molar refractivity (Wildman–Crippen MR) is 111 cm³/mol. The van der Waals surface area contributed by atoms with Crippen LogP contribution in [-0.2, 0) is 9.53 Å². The fourth-order valence-electron chi connectivity index (χ4n) is 2.36. The van der Waals surface area contributed by atoms with Gasteiger partial charge in [0.1, 0.15) is 12.3 Å². The van der Waals surface area contributed by atoms with Gasteiger partial charge >= 0.3 is 5.97 Å². The van der Waals surface area contributed by atoms with E-state index in [1.807, 2.05) is 0 Å². The lowest BCUT2D eigenvalue weighted by molar-refractivity contribution is -0.150. The van der Waals surface area contributed by atoms with Gasteiger partial charge in [-0.2, -0.15) is 0 Å². The van der Waals surface area contributed by atoms with Crippen LogP contribution in [0.25, 0.3) is 0 Å². The summed E-state index contributed by atoms with van der Waals surface area (Å²) < 4.78 is 17.6. The number of carbonyl (C=O) groups is 2. The summed E-state index contributed by atoms with van der Waals surface area (Å²) in [4.78, 5) is 24.2. The van der Waals surface area contributed by atoms with Crippen LogP contribution in [0.3, 0.4) is 0 Å². The van der Waals surface area contributed by atoms with Crippen LogP contribution < -0.4 is 11.1 Å². The number of nitrogens with two attached hydrogens (primary N) is 1. The number of hydrogen-bond acceptors (Lipinski definition) is 5. The number of ether oxygens (including phenoxy) is 1. The first-order valence-corrected chi connectivity index (χ1v) is 8.91. The van der Waals surface area contributed by atoms with Crippen molar-refractivity contribution in [3.63, 3.8) is 0 Å². The monoisotopic (exact) mass is 408 g/mol. The zero-order chi connectivity index (χ0) is 22.1. The highest BCUT2D eigenvalue weighted by Crippen LogP contribution is 2.14.